The van der Waals surface area contributed by atoms with Gasteiger partial charge in [-0.3, -0.25) is 0 Å². The lowest BCUT2D eigenvalue weighted by Crippen LogP contribution is -1.91. The van der Waals surface area contributed by atoms with Gasteiger partial charge < -0.3 is 8.83 Å². The molecule has 11 aromatic carbocycles. The molecule has 0 atom stereocenters. The Morgan fingerprint density at radius 1 is 0.224 bits per heavy atom. The molecule has 268 valence electrons. The molecule has 0 aliphatic heterocycles. The van der Waals surface area contributed by atoms with Crippen molar-refractivity contribution in [2.75, 3.05) is 0 Å². The van der Waals surface area contributed by atoms with E-state index in [4.69, 9.17) is 8.83 Å². The fourth-order valence-electron chi connectivity index (χ4n) is 9.77. The Morgan fingerprint density at radius 3 is 1.50 bits per heavy atom. The van der Waals surface area contributed by atoms with Crippen LogP contribution in [-0.4, -0.2) is 0 Å². The summed E-state index contributed by atoms with van der Waals surface area (Å²) in [5, 5.41) is 16.5. The molecule has 2 heteroatoms. The van der Waals surface area contributed by atoms with E-state index in [2.05, 4.69) is 194 Å². The van der Waals surface area contributed by atoms with Gasteiger partial charge >= 0.3 is 0 Å². The summed E-state index contributed by atoms with van der Waals surface area (Å²) in [7, 11) is 0. The zero-order valence-electron chi connectivity index (χ0n) is 31.3. The molecule has 2 heterocycles. The molecule has 0 unspecified atom stereocenters. The Morgan fingerprint density at radius 2 is 0.759 bits per heavy atom. The molecular formula is C56H32O2. The predicted octanol–water partition coefficient (Wildman–Crippen LogP) is 16.3. The smallest absolute Gasteiger partial charge is 0.143 e. The van der Waals surface area contributed by atoms with Crippen molar-refractivity contribution < 1.29 is 8.83 Å². The lowest BCUT2D eigenvalue weighted by Gasteiger charge is -2.18. The molecule has 2 nitrogen and oxygen atoms in total. The van der Waals surface area contributed by atoms with E-state index in [0.29, 0.717) is 0 Å². The first-order valence-electron chi connectivity index (χ1n) is 19.9. The molecule has 0 N–H and O–H groups in total. The lowest BCUT2D eigenvalue weighted by atomic mass is 9.85. The number of furan rings is 2. The molecule has 2 aromatic heterocycles. The van der Waals surface area contributed by atoms with Gasteiger partial charge in [0.05, 0.1) is 0 Å². The van der Waals surface area contributed by atoms with Crippen molar-refractivity contribution in [2.45, 2.75) is 0 Å². The molecule has 0 radical (unpaired) electrons. The molecule has 0 saturated carbocycles. The largest absolute Gasteiger partial charge is 0.456 e. The predicted molar refractivity (Wildman–Crippen MR) is 245 cm³/mol. The molecule has 0 amide bonds. The van der Waals surface area contributed by atoms with Gasteiger partial charge in [0.1, 0.15) is 22.3 Å². The van der Waals surface area contributed by atoms with E-state index in [9.17, 15) is 0 Å². The van der Waals surface area contributed by atoms with Crippen molar-refractivity contribution in [3.05, 3.63) is 194 Å². The highest BCUT2D eigenvalue weighted by Crippen LogP contribution is 2.47. The molecule has 0 aliphatic carbocycles. The molecule has 0 spiro atoms. The van der Waals surface area contributed by atoms with Crippen LogP contribution in [0.15, 0.2) is 203 Å². The molecule has 0 fully saturated rings. The minimum atomic E-state index is 0.855. The topological polar surface area (TPSA) is 26.3 Å². The maximum Gasteiger partial charge on any atom is 0.143 e. The highest BCUT2D eigenvalue weighted by molar-refractivity contribution is 6.24. The van der Waals surface area contributed by atoms with Crippen LogP contribution in [0.25, 0.3) is 131 Å². The first-order chi connectivity index (χ1) is 28.7. The SMILES string of the molecule is c1ccc2cc(-c3c4ccccc4c(-c4ccc5oc6cc(-c7c8ccccc8cc8c7oc7c9ccccc9ccc87)ccc6c5c4)c4ccccc34)ccc2c1. The monoisotopic (exact) mass is 736 g/mol. The number of benzene rings is 11. The zero-order valence-corrected chi connectivity index (χ0v) is 31.3. The fraction of sp³-hybridized carbons (Fsp3) is 0. The summed E-state index contributed by atoms with van der Waals surface area (Å²) in [6.45, 7) is 0. The Labute approximate surface area is 332 Å². The van der Waals surface area contributed by atoms with E-state index in [0.717, 1.165) is 65.8 Å². The number of fused-ring (bicyclic) bond motifs is 12. The van der Waals surface area contributed by atoms with Crippen LogP contribution in [0.5, 0.6) is 0 Å². The van der Waals surface area contributed by atoms with Crippen LogP contribution in [0, 0.1) is 0 Å². The van der Waals surface area contributed by atoms with Gasteiger partial charge in [-0.25, -0.2) is 0 Å². The number of rotatable bonds is 3. The van der Waals surface area contributed by atoms with Crippen LogP contribution in [0.4, 0.5) is 0 Å². The van der Waals surface area contributed by atoms with E-state index in [1.54, 1.807) is 0 Å². The first kappa shape index (κ1) is 31.5. The summed E-state index contributed by atoms with van der Waals surface area (Å²) >= 11 is 0. The van der Waals surface area contributed by atoms with Crippen molar-refractivity contribution >= 4 is 97.7 Å². The Bertz CT molecular complexity index is 3800. The Hall–Kier alpha value is -7.68. The van der Waals surface area contributed by atoms with Crippen molar-refractivity contribution in [2.24, 2.45) is 0 Å². The first-order valence-corrected chi connectivity index (χ1v) is 19.9. The Balaban J connectivity index is 1.02. The maximum atomic E-state index is 6.89. The van der Waals surface area contributed by atoms with E-state index in [1.807, 2.05) is 0 Å². The number of hydrogen-bond donors (Lipinski definition) is 0. The number of hydrogen-bond acceptors (Lipinski definition) is 2. The quantitative estimate of drug-likeness (QED) is 0.169. The van der Waals surface area contributed by atoms with Crippen molar-refractivity contribution in [3.63, 3.8) is 0 Å². The fourth-order valence-corrected chi connectivity index (χ4v) is 9.77. The normalized spacial score (nSPS) is 12.1. The second kappa shape index (κ2) is 11.9. The molecule has 0 aliphatic rings. The highest BCUT2D eigenvalue weighted by Gasteiger charge is 2.21. The van der Waals surface area contributed by atoms with Crippen LogP contribution >= 0.6 is 0 Å². The van der Waals surface area contributed by atoms with Crippen LogP contribution in [0.3, 0.4) is 0 Å². The van der Waals surface area contributed by atoms with Gasteiger partial charge in [0.15, 0.2) is 0 Å². The lowest BCUT2D eigenvalue weighted by molar-refractivity contribution is 0.669. The standard InChI is InChI=1S/C56H32O2/c1-2-13-35-29-37(22-21-33(35)11-1)52-43-17-7-9-19-45(43)53(46-20-10-8-18-44(46)52)38-25-28-50-48(31-38)42-26-24-39(32-51(42)57-50)54-40-15-5-4-14-36(40)30-49-47-27-23-34-12-3-6-16-41(34)55(47)58-56(49)54/h1-32H. The van der Waals surface area contributed by atoms with E-state index >= 15 is 0 Å². The van der Waals surface area contributed by atoms with Gasteiger partial charge in [-0.15, -0.1) is 0 Å². The summed E-state index contributed by atoms with van der Waals surface area (Å²) in [5.74, 6) is 0. The summed E-state index contributed by atoms with van der Waals surface area (Å²) in [6.07, 6.45) is 0. The van der Waals surface area contributed by atoms with Crippen LogP contribution in [0.1, 0.15) is 0 Å². The highest BCUT2D eigenvalue weighted by atomic mass is 16.3. The van der Waals surface area contributed by atoms with Crippen LogP contribution in [0.2, 0.25) is 0 Å². The van der Waals surface area contributed by atoms with Crippen molar-refractivity contribution in [3.8, 4) is 33.4 Å². The van der Waals surface area contributed by atoms with Gasteiger partial charge in [0.25, 0.3) is 0 Å². The second-order valence-electron chi connectivity index (χ2n) is 15.5. The molecule has 0 bridgehead atoms. The van der Waals surface area contributed by atoms with Gasteiger partial charge in [-0.05, 0) is 119 Å². The molecule has 13 aromatic rings. The summed E-state index contributed by atoms with van der Waals surface area (Å²) in [6, 6.07) is 70.3. The average molecular weight is 737 g/mol. The van der Waals surface area contributed by atoms with Gasteiger partial charge in [0.2, 0.25) is 0 Å². The van der Waals surface area contributed by atoms with Gasteiger partial charge in [-0.2, -0.15) is 0 Å². The van der Waals surface area contributed by atoms with E-state index in [-0.39, 0.29) is 0 Å². The third-order valence-electron chi connectivity index (χ3n) is 12.4. The summed E-state index contributed by atoms with van der Waals surface area (Å²) in [5.41, 5.74) is 10.6. The third kappa shape index (κ3) is 4.48. The van der Waals surface area contributed by atoms with Crippen LogP contribution in [-0.2, 0) is 0 Å². The minimum Gasteiger partial charge on any atom is -0.456 e. The van der Waals surface area contributed by atoms with Crippen LogP contribution < -0.4 is 0 Å². The summed E-state index contributed by atoms with van der Waals surface area (Å²) < 4.78 is 13.6. The third-order valence-corrected chi connectivity index (χ3v) is 12.4. The molecular weight excluding hydrogens is 705 g/mol. The Kier molecular flexibility index (Phi) is 6.47. The molecule has 0 saturated heterocycles. The second-order valence-corrected chi connectivity index (χ2v) is 15.5. The van der Waals surface area contributed by atoms with Gasteiger partial charge in [-0.1, -0.05) is 152 Å². The maximum absolute atomic E-state index is 6.89. The minimum absolute atomic E-state index is 0.855. The summed E-state index contributed by atoms with van der Waals surface area (Å²) in [4.78, 5) is 0. The molecule has 13 rings (SSSR count). The van der Waals surface area contributed by atoms with E-state index in [1.165, 1.54) is 65.3 Å². The zero-order chi connectivity index (χ0) is 37.9. The van der Waals surface area contributed by atoms with E-state index < -0.39 is 0 Å². The van der Waals surface area contributed by atoms with Crippen molar-refractivity contribution in [1.29, 1.82) is 0 Å². The molecule has 58 heavy (non-hydrogen) atoms. The van der Waals surface area contributed by atoms with Gasteiger partial charge in [0, 0.05) is 32.5 Å². The van der Waals surface area contributed by atoms with Crippen molar-refractivity contribution in [1.82, 2.24) is 0 Å². The average Bonchev–Trinajstić information content (AvgIpc) is 3.84.